The van der Waals surface area contributed by atoms with Crippen LogP contribution in [0.1, 0.15) is 64.1 Å². The molecule has 0 spiro atoms. The summed E-state index contributed by atoms with van der Waals surface area (Å²) in [7, 11) is 1.75. The predicted molar refractivity (Wildman–Crippen MR) is 75.2 cm³/mol. The van der Waals surface area contributed by atoms with Crippen LogP contribution in [0.4, 0.5) is 0 Å². The Morgan fingerprint density at radius 3 is 2.30 bits per heavy atom. The summed E-state index contributed by atoms with van der Waals surface area (Å²) in [6.45, 7) is 5.20. The molecule has 5 heteroatoms. The van der Waals surface area contributed by atoms with Gasteiger partial charge in [0.2, 0.25) is 11.7 Å². The number of nitrogens with zero attached hydrogens (tertiary/aromatic N) is 2. The van der Waals surface area contributed by atoms with Crippen molar-refractivity contribution >= 4 is 0 Å². The van der Waals surface area contributed by atoms with Crippen LogP contribution in [0, 0.1) is 5.41 Å². The average Bonchev–Trinajstić information content (AvgIpc) is 3.09. The minimum absolute atomic E-state index is 0.0475. The summed E-state index contributed by atoms with van der Waals surface area (Å²) < 4.78 is 11.3. The first kappa shape index (κ1) is 14.0. The van der Waals surface area contributed by atoms with E-state index in [-0.39, 0.29) is 11.0 Å². The van der Waals surface area contributed by atoms with Gasteiger partial charge >= 0.3 is 0 Å². The summed E-state index contributed by atoms with van der Waals surface area (Å²) in [6, 6.07) is 0. The van der Waals surface area contributed by atoms with E-state index in [0.29, 0.717) is 23.7 Å². The molecule has 2 aliphatic rings. The quantitative estimate of drug-likeness (QED) is 0.916. The van der Waals surface area contributed by atoms with E-state index < -0.39 is 0 Å². The Balaban J connectivity index is 1.84. The second-order valence-electron chi connectivity index (χ2n) is 7.27. The molecule has 3 rings (SSSR count). The SMILES string of the molecule is COC1(c2noc(C3(CN)CC3)n2)CCC(C)(C)CC1. The van der Waals surface area contributed by atoms with E-state index >= 15 is 0 Å². The maximum Gasteiger partial charge on any atom is 0.234 e. The van der Waals surface area contributed by atoms with Crippen LogP contribution in [0.15, 0.2) is 4.52 Å². The van der Waals surface area contributed by atoms with Crippen LogP contribution in [-0.2, 0) is 15.8 Å². The van der Waals surface area contributed by atoms with Crippen molar-refractivity contribution in [2.75, 3.05) is 13.7 Å². The molecule has 2 N–H and O–H groups in total. The summed E-state index contributed by atoms with van der Waals surface area (Å²) >= 11 is 0. The standard InChI is InChI=1S/C15H25N3O2/c1-13(2)4-8-15(19-3,9-5-13)11-17-12(20-18-11)14(10-16)6-7-14/h4-10,16H2,1-3H3. The Labute approximate surface area is 120 Å². The van der Waals surface area contributed by atoms with Crippen LogP contribution in [0.5, 0.6) is 0 Å². The second kappa shape index (κ2) is 4.53. The molecule has 0 unspecified atom stereocenters. The topological polar surface area (TPSA) is 74.2 Å². The Morgan fingerprint density at radius 1 is 1.15 bits per heavy atom. The minimum atomic E-state index is -0.373. The third kappa shape index (κ3) is 2.17. The lowest BCUT2D eigenvalue weighted by molar-refractivity contribution is -0.0740. The molecule has 0 aliphatic heterocycles. The Bertz CT molecular complexity index is 481. The van der Waals surface area contributed by atoms with Crippen LogP contribution in [-0.4, -0.2) is 23.8 Å². The fraction of sp³-hybridized carbons (Fsp3) is 0.867. The van der Waals surface area contributed by atoms with E-state index in [1.165, 1.54) is 0 Å². The van der Waals surface area contributed by atoms with Crippen molar-refractivity contribution in [3.05, 3.63) is 11.7 Å². The molecule has 2 saturated carbocycles. The van der Waals surface area contributed by atoms with E-state index in [0.717, 1.165) is 38.5 Å². The molecule has 0 saturated heterocycles. The smallest absolute Gasteiger partial charge is 0.234 e. The van der Waals surface area contributed by atoms with Crippen LogP contribution in [0.25, 0.3) is 0 Å². The van der Waals surface area contributed by atoms with Gasteiger partial charge in [0, 0.05) is 13.7 Å². The lowest BCUT2D eigenvalue weighted by Crippen LogP contribution is -2.37. The van der Waals surface area contributed by atoms with Crippen molar-refractivity contribution in [3.8, 4) is 0 Å². The maximum atomic E-state index is 5.83. The van der Waals surface area contributed by atoms with Crippen LogP contribution >= 0.6 is 0 Å². The second-order valence-corrected chi connectivity index (χ2v) is 7.27. The number of hydrogen-bond donors (Lipinski definition) is 1. The van der Waals surface area contributed by atoms with E-state index in [1.54, 1.807) is 7.11 Å². The zero-order valence-electron chi connectivity index (χ0n) is 12.7. The van der Waals surface area contributed by atoms with Gasteiger partial charge in [-0.3, -0.25) is 0 Å². The summed E-state index contributed by atoms with van der Waals surface area (Å²) in [5.74, 6) is 1.42. The molecule has 0 amide bonds. The number of nitrogens with two attached hydrogens (primary N) is 1. The number of methoxy groups -OCH3 is 1. The predicted octanol–water partition coefficient (Wildman–Crippen LogP) is 2.50. The van der Waals surface area contributed by atoms with Gasteiger partial charge in [-0.1, -0.05) is 19.0 Å². The average molecular weight is 279 g/mol. The summed E-state index contributed by atoms with van der Waals surface area (Å²) in [6.07, 6.45) is 6.24. The van der Waals surface area contributed by atoms with Gasteiger partial charge in [0.1, 0.15) is 5.60 Å². The fourth-order valence-corrected chi connectivity index (χ4v) is 3.13. The Kier molecular flexibility index (Phi) is 3.18. The first-order valence-corrected chi connectivity index (χ1v) is 7.55. The van der Waals surface area contributed by atoms with Crippen LogP contribution < -0.4 is 5.73 Å². The van der Waals surface area contributed by atoms with Gasteiger partial charge in [-0.25, -0.2) is 0 Å². The summed E-state index contributed by atoms with van der Waals surface area (Å²) in [4.78, 5) is 4.65. The third-order valence-corrected chi connectivity index (χ3v) is 5.33. The number of rotatable bonds is 4. The number of aromatic nitrogens is 2. The highest BCUT2D eigenvalue weighted by atomic mass is 16.5. The molecule has 2 aliphatic carbocycles. The molecule has 5 nitrogen and oxygen atoms in total. The Morgan fingerprint density at radius 2 is 1.80 bits per heavy atom. The van der Waals surface area contributed by atoms with Crippen LogP contribution in [0.3, 0.4) is 0 Å². The van der Waals surface area contributed by atoms with E-state index in [4.69, 9.17) is 15.0 Å². The monoisotopic (exact) mass is 279 g/mol. The van der Waals surface area contributed by atoms with Gasteiger partial charge < -0.3 is 15.0 Å². The maximum absolute atomic E-state index is 5.83. The van der Waals surface area contributed by atoms with Crippen molar-refractivity contribution in [1.82, 2.24) is 10.1 Å². The molecule has 0 radical (unpaired) electrons. The zero-order valence-corrected chi connectivity index (χ0v) is 12.7. The van der Waals surface area contributed by atoms with Crippen molar-refractivity contribution < 1.29 is 9.26 Å². The molecular formula is C15H25N3O2. The van der Waals surface area contributed by atoms with E-state index in [2.05, 4.69) is 24.0 Å². The molecule has 1 heterocycles. The number of hydrogen-bond acceptors (Lipinski definition) is 5. The Hall–Kier alpha value is -0.940. The normalized spacial score (nSPS) is 26.4. The molecule has 1 aromatic heterocycles. The first-order chi connectivity index (χ1) is 9.45. The fourth-order valence-electron chi connectivity index (χ4n) is 3.13. The van der Waals surface area contributed by atoms with Gasteiger partial charge in [0.15, 0.2) is 0 Å². The number of ether oxygens (including phenoxy) is 1. The highest BCUT2D eigenvalue weighted by Gasteiger charge is 2.50. The molecular weight excluding hydrogens is 254 g/mol. The van der Waals surface area contributed by atoms with Gasteiger partial charge in [-0.15, -0.1) is 0 Å². The minimum Gasteiger partial charge on any atom is -0.370 e. The molecule has 0 aromatic carbocycles. The summed E-state index contributed by atoms with van der Waals surface area (Å²) in [5.41, 5.74) is 5.79. The van der Waals surface area contributed by atoms with Crippen molar-refractivity contribution in [2.45, 2.75) is 63.4 Å². The lowest BCUT2D eigenvalue weighted by atomic mass is 9.70. The summed E-state index contributed by atoms with van der Waals surface area (Å²) in [5, 5.41) is 4.22. The molecule has 2 fully saturated rings. The highest BCUT2D eigenvalue weighted by molar-refractivity contribution is 5.18. The van der Waals surface area contributed by atoms with E-state index in [1.807, 2.05) is 0 Å². The third-order valence-electron chi connectivity index (χ3n) is 5.33. The molecule has 20 heavy (non-hydrogen) atoms. The molecule has 1 aromatic rings. The molecule has 0 bridgehead atoms. The largest absolute Gasteiger partial charge is 0.370 e. The van der Waals surface area contributed by atoms with Gasteiger partial charge in [0.05, 0.1) is 5.41 Å². The van der Waals surface area contributed by atoms with Crippen LogP contribution in [0.2, 0.25) is 0 Å². The molecule has 112 valence electrons. The van der Waals surface area contributed by atoms with Crippen molar-refractivity contribution in [3.63, 3.8) is 0 Å². The van der Waals surface area contributed by atoms with Gasteiger partial charge in [0.25, 0.3) is 0 Å². The lowest BCUT2D eigenvalue weighted by Gasteiger charge is -2.40. The first-order valence-electron chi connectivity index (χ1n) is 7.55. The van der Waals surface area contributed by atoms with Gasteiger partial charge in [-0.05, 0) is 43.9 Å². The van der Waals surface area contributed by atoms with Crippen molar-refractivity contribution in [2.24, 2.45) is 11.1 Å². The highest BCUT2D eigenvalue weighted by Crippen LogP contribution is 2.49. The molecule has 0 atom stereocenters. The van der Waals surface area contributed by atoms with E-state index in [9.17, 15) is 0 Å². The van der Waals surface area contributed by atoms with Crippen molar-refractivity contribution in [1.29, 1.82) is 0 Å². The van der Waals surface area contributed by atoms with Gasteiger partial charge in [-0.2, -0.15) is 4.98 Å². The zero-order chi connectivity index (χ0) is 14.4.